The van der Waals surface area contributed by atoms with Crippen molar-refractivity contribution in [3.8, 4) is 22.3 Å². The van der Waals surface area contributed by atoms with Crippen molar-refractivity contribution in [1.29, 1.82) is 0 Å². The maximum Gasteiger partial charge on any atom is 0.134 e. The van der Waals surface area contributed by atoms with E-state index < -0.39 is 7.92 Å². The molecule has 172 valence electrons. The van der Waals surface area contributed by atoms with Gasteiger partial charge in [-0.2, -0.15) is 0 Å². The highest BCUT2D eigenvalue weighted by atomic mass is 31.1. The molecule has 0 radical (unpaired) electrons. The van der Waals surface area contributed by atoms with E-state index in [1.54, 1.807) is 0 Å². The summed E-state index contributed by atoms with van der Waals surface area (Å²) in [7, 11) is -0.490. The first-order valence-electron chi connectivity index (χ1n) is 12.2. The Balaban J connectivity index is 2.09. The fourth-order valence-corrected chi connectivity index (χ4v) is 9.73. The summed E-state index contributed by atoms with van der Waals surface area (Å²) in [6.45, 7) is 18.0. The Kier molecular flexibility index (Phi) is 6.66. The van der Waals surface area contributed by atoms with E-state index in [9.17, 15) is 4.79 Å². The number of rotatable bonds is 3. The molecule has 3 aromatic rings. The van der Waals surface area contributed by atoms with Crippen LogP contribution in [0.15, 0.2) is 42.5 Å². The van der Waals surface area contributed by atoms with Gasteiger partial charge in [0.2, 0.25) is 0 Å². The van der Waals surface area contributed by atoms with Gasteiger partial charge >= 0.3 is 0 Å². The van der Waals surface area contributed by atoms with Gasteiger partial charge in [-0.25, -0.2) is 0 Å². The van der Waals surface area contributed by atoms with Crippen LogP contribution >= 0.6 is 7.92 Å². The summed E-state index contributed by atoms with van der Waals surface area (Å²) in [4.78, 5) is 12.5. The minimum absolute atomic E-state index is 0.397. The molecule has 0 amide bonds. The van der Waals surface area contributed by atoms with Gasteiger partial charge in [0.15, 0.2) is 0 Å². The van der Waals surface area contributed by atoms with E-state index in [0.29, 0.717) is 29.9 Å². The van der Waals surface area contributed by atoms with Crippen LogP contribution in [0.4, 0.5) is 0 Å². The van der Waals surface area contributed by atoms with E-state index in [1.807, 2.05) is 0 Å². The number of aryl methyl sites for hydroxylation is 6. The van der Waals surface area contributed by atoms with E-state index in [-0.39, 0.29) is 0 Å². The van der Waals surface area contributed by atoms with Gasteiger partial charge in [-0.15, -0.1) is 0 Å². The maximum atomic E-state index is 12.5. The Labute approximate surface area is 201 Å². The van der Waals surface area contributed by atoms with Gasteiger partial charge in [0.05, 0.1) is 0 Å². The van der Waals surface area contributed by atoms with Crippen LogP contribution in [0.25, 0.3) is 22.3 Å². The van der Waals surface area contributed by atoms with Gasteiger partial charge in [-0.1, -0.05) is 75.4 Å². The molecule has 1 heterocycles. The summed E-state index contributed by atoms with van der Waals surface area (Å²) in [5.74, 6) is 0.429. The summed E-state index contributed by atoms with van der Waals surface area (Å²) in [6, 6.07) is 16.2. The molecule has 0 saturated carbocycles. The number of carbonyl (C=O) groups is 1. The van der Waals surface area contributed by atoms with Gasteiger partial charge in [-0.3, -0.25) is 4.79 Å². The summed E-state index contributed by atoms with van der Waals surface area (Å²) >= 11 is 0. The minimum Gasteiger partial charge on any atom is -0.300 e. The highest BCUT2D eigenvalue weighted by molar-refractivity contribution is 7.67. The second-order valence-electron chi connectivity index (χ2n) is 10.3. The fraction of sp³-hybridized carbons (Fsp3) is 0.387. The quantitative estimate of drug-likeness (QED) is 0.364. The van der Waals surface area contributed by atoms with Crippen LogP contribution in [-0.2, 0) is 4.79 Å². The van der Waals surface area contributed by atoms with Gasteiger partial charge in [0, 0.05) is 12.8 Å². The smallest absolute Gasteiger partial charge is 0.134 e. The molecule has 2 unspecified atom stereocenters. The predicted octanol–water partition coefficient (Wildman–Crippen LogP) is 8.12. The van der Waals surface area contributed by atoms with E-state index in [0.717, 1.165) is 0 Å². The first-order valence-corrected chi connectivity index (χ1v) is 13.7. The lowest BCUT2D eigenvalue weighted by Crippen LogP contribution is -2.30. The van der Waals surface area contributed by atoms with Crippen molar-refractivity contribution in [2.45, 2.75) is 79.5 Å². The van der Waals surface area contributed by atoms with Crippen LogP contribution in [0.3, 0.4) is 0 Å². The van der Waals surface area contributed by atoms with Crippen LogP contribution in [0, 0.1) is 41.5 Å². The average Bonchev–Trinajstić information content (AvgIpc) is 2.67. The van der Waals surface area contributed by atoms with Crippen molar-refractivity contribution >= 4 is 19.0 Å². The molecule has 0 aliphatic carbocycles. The highest BCUT2D eigenvalue weighted by Gasteiger charge is 2.36. The van der Waals surface area contributed by atoms with Gasteiger partial charge < -0.3 is 0 Å². The molecule has 33 heavy (non-hydrogen) atoms. The number of benzene rings is 3. The van der Waals surface area contributed by atoms with Crippen molar-refractivity contribution < 1.29 is 4.79 Å². The van der Waals surface area contributed by atoms with Gasteiger partial charge in [0.1, 0.15) is 5.78 Å². The van der Waals surface area contributed by atoms with Gasteiger partial charge in [-0.05, 0) is 103 Å². The Morgan fingerprint density at radius 1 is 0.667 bits per heavy atom. The first-order chi connectivity index (χ1) is 15.6. The van der Waals surface area contributed by atoms with Crippen LogP contribution < -0.4 is 5.30 Å². The number of hydrogen-bond donors (Lipinski definition) is 0. The van der Waals surface area contributed by atoms with E-state index >= 15 is 0 Å². The van der Waals surface area contributed by atoms with E-state index in [1.165, 1.54) is 60.9 Å². The van der Waals surface area contributed by atoms with Crippen molar-refractivity contribution in [2.24, 2.45) is 0 Å². The molecular weight excluding hydrogens is 419 g/mol. The number of carbonyl (C=O) groups excluding carboxylic acids is 1. The first kappa shape index (κ1) is 23.9. The average molecular weight is 457 g/mol. The summed E-state index contributed by atoms with van der Waals surface area (Å²) in [5.41, 5.74) is 14.3. The van der Waals surface area contributed by atoms with Crippen molar-refractivity contribution in [1.82, 2.24) is 0 Å². The highest BCUT2D eigenvalue weighted by Crippen LogP contribution is 2.55. The maximum absolute atomic E-state index is 12.5. The third kappa shape index (κ3) is 4.45. The molecule has 0 spiro atoms. The molecule has 2 heteroatoms. The largest absolute Gasteiger partial charge is 0.300 e. The molecular formula is C31H37OP. The Morgan fingerprint density at radius 2 is 1.03 bits per heavy atom. The lowest BCUT2D eigenvalue weighted by Gasteiger charge is -2.38. The van der Waals surface area contributed by atoms with Crippen molar-refractivity contribution in [2.75, 3.05) is 0 Å². The zero-order valence-electron chi connectivity index (χ0n) is 21.5. The van der Waals surface area contributed by atoms with Gasteiger partial charge in [0.25, 0.3) is 0 Å². The number of ketones is 1. The third-order valence-electron chi connectivity index (χ3n) is 7.18. The molecule has 1 aliphatic heterocycles. The molecule has 1 fully saturated rings. The Bertz CT molecular complexity index is 1100. The molecule has 2 atom stereocenters. The topological polar surface area (TPSA) is 17.1 Å². The molecule has 1 aliphatic rings. The zero-order chi connectivity index (χ0) is 24.0. The van der Waals surface area contributed by atoms with E-state index in [4.69, 9.17) is 0 Å². The lowest BCUT2D eigenvalue weighted by molar-refractivity contribution is -0.119. The van der Waals surface area contributed by atoms with Crippen LogP contribution in [-0.4, -0.2) is 17.1 Å². The molecule has 4 rings (SSSR count). The number of Topliss-reactive ketones (excluding diaryl/α,β-unsaturated/α-hetero) is 1. The minimum atomic E-state index is -0.490. The summed E-state index contributed by atoms with van der Waals surface area (Å²) < 4.78 is 0. The number of hydrogen-bond acceptors (Lipinski definition) is 1. The molecule has 1 nitrogen and oxygen atoms in total. The standard InChI is InChI=1S/C31H37OP/c1-18-12-20(3)29(21(4)13-18)27-10-9-11-28(30-22(5)14-19(2)15-23(30)6)31(27)33-24(7)16-26(32)17-25(33)8/h9-15,24-25H,16-17H2,1-8H3. The second kappa shape index (κ2) is 9.19. The predicted molar refractivity (Wildman–Crippen MR) is 145 cm³/mol. The monoisotopic (exact) mass is 456 g/mol. The normalized spacial score (nSPS) is 20.8. The third-order valence-corrected chi connectivity index (χ3v) is 10.4. The molecule has 0 N–H and O–H groups in total. The molecule has 0 bridgehead atoms. The lowest BCUT2D eigenvalue weighted by atomic mass is 9.89. The fourth-order valence-electron chi connectivity index (χ4n) is 6.25. The molecule has 1 saturated heterocycles. The summed E-state index contributed by atoms with van der Waals surface area (Å²) in [6.07, 6.45) is 1.42. The zero-order valence-corrected chi connectivity index (χ0v) is 22.4. The Hall–Kier alpha value is -2.24. The van der Waals surface area contributed by atoms with Crippen LogP contribution in [0.2, 0.25) is 0 Å². The van der Waals surface area contributed by atoms with Crippen molar-refractivity contribution in [3.63, 3.8) is 0 Å². The van der Waals surface area contributed by atoms with Crippen LogP contribution in [0.1, 0.15) is 60.1 Å². The SMILES string of the molecule is Cc1cc(C)c(-c2cccc(-c3c(C)cc(C)cc3C)c2P2C(C)CC(=O)CC2C)c(C)c1. The molecule has 0 aromatic heterocycles. The summed E-state index contributed by atoms with van der Waals surface area (Å²) in [5, 5.41) is 1.50. The van der Waals surface area contributed by atoms with Crippen LogP contribution in [0.5, 0.6) is 0 Å². The molecule has 3 aromatic carbocycles. The van der Waals surface area contributed by atoms with Crippen molar-refractivity contribution in [3.05, 3.63) is 75.8 Å². The van der Waals surface area contributed by atoms with E-state index in [2.05, 4.69) is 97.9 Å². The second-order valence-corrected chi connectivity index (χ2v) is 13.3. The Morgan fingerprint density at radius 3 is 1.39 bits per heavy atom.